The van der Waals surface area contributed by atoms with Crippen molar-refractivity contribution in [3.8, 4) is 11.4 Å². The maximum absolute atomic E-state index is 12.9. The average molecular weight is 282 g/mol. The van der Waals surface area contributed by atoms with Crippen LogP contribution in [0, 0.1) is 5.82 Å². The molecule has 84 valence electrons. The van der Waals surface area contributed by atoms with Gasteiger partial charge in [-0.1, -0.05) is 52.1 Å². The summed E-state index contributed by atoms with van der Waals surface area (Å²) >= 11 is 16.7. The van der Waals surface area contributed by atoms with Crippen LogP contribution in [0.15, 0.2) is 28.8 Å². The Morgan fingerprint density at radius 3 is 2.56 bits per heavy atom. The highest BCUT2D eigenvalue weighted by molar-refractivity contribution is 6.66. The Morgan fingerprint density at radius 1 is 1.25 bits per heavy atom. The molecule has 2 aromatic rings. The van der Waals surface area contributed by atoms with Crippen molar-refractivity contribution < 1.29 is 8.91 Å². The molecule has 1 aromatic carbocycles. The Bertz CT molecular complexity index is 509. The van der Waals surface area contributed by atoms with Gasteiger partial charge >= 0.3 is 0 Å². The third kappa shape index (κ3) is 2.45. The van der Waals surface area contributed by atoms with E-state index in [0.717, 1.165) is 0 Å². The number of rotatable bonds is 1. The number of hydrogen-bond donors (Lipinski definition) is 0. The monoisotopic (exact) mass is 280 g/mol. The molecule has 0 aliphatic heterocycles. The predicted molar refractivity (Wildman–Crippen MR) is 58.9 cm³/mol. The lowest BCUT2D eigenvalue weighted by molar-refractivity contribution is 0.383. The van der Waals surface area contributed by atoms with Gasteiger partial charge in [0.2, 0.25) is 5.82 Å². The normalized spacial score (nSPS) is 11.8. The Hall–Kier alpha value is -0.840. The summed E-state index contributed by atoms with van der Waals surface area (Å²) in [5.41, 5.74) is 0.448. The average Bonchev–Trinajstić information content (AvgIpc) is 2.65. The van der Waals surface area contributed by atoms with Gasteiger partial charge < -0.3 is 4.52 Å². The second-order valence-corrected chi connectivity index (χ2v) is 5.21. The molecular weight excluding hydrogens is 277 g/mol. The number of nitrogens with zero attached hydrogens (tertiary/aromatic N) is 2. The molecule has 0 aliphatic carbocycles. The molecule has 2 rings (SSSR count). The van der Waals surface area contributed by atoms with Crippen LogP contribution in [0.1, 0.15) is 5.89 Å². The number of hydrogen-bond acceptors (Lipinski definition) is 3. The number of halogens is 4. The fourth-order valence-electron chi connectivity index (χ4n) is 1.08. The van der Waals surface area contributed by atoms with Crippen LogP contribution in [0.3, 0.4) is 0 Å². The molecule has 0 saturated heterocycles. The summed E-state index contributed by atoms with van der Waals surface area (Å²) in [6.07, 6.45) is 0. The SMILES string of the molecule is Fc1cccc(-c2noc(C(Cl)(Cl)Cl)n2)c1. The van der Waals surface area contributed by atoms with Crippen LogP contribution in [0.2, 0.25) is 0 Å². The Morgan fingerprint density at radius 2 is 2.00 bits per heavy atom. The summed E-state index contributed by atoms with van der Waals surface area (Å²) in [5.74, 6) is -0.393. The van der Waals surface area contributed by atoms with Crippen molar-refractivity contribution in [1.29, 1.82) is 0 Å². The van der Waals surface area contributed by atoms with E-state index >= 15 is 0 Å². The van der Waals surface area contributed by atoms with Crippen LogP contribution < -0.4 is 0 Å². The van der Waals surface area contributed by atoms with Crippen molar-refractivity contribution in [2.45, 2.75) is 3.79 Å². The second kappa shape index (κ2) is 4.20. The van der Waals surface area contributed by atoms with E-state index in [2.05, 4.69) is 10.1 Å². The zero-order valence-corrected chi connectivity index (χ0v) is 9.89. The largest absolute Gasteiger partial charge is 0.334 e. The minimum atomic E-state index is -1.78. The van der Waals surface area contributed by atoms with Gasteiger partial charge in [0.05, 0.1) is 0 Å². The standard InChI is InChI=1S/C9H4Cl3FN2O/c10-9(11,12)8-14-7(15-16-8)5-2-1-3-6(13)4-5/h1-4H. The molecule has 0 fully saturated rings. The van der Waals surface area contributed by atoms with E-state index in [1.165, 1.54) is 18.2 Å². The van der Waals surface area contributed by atoms with Gasteiger partial charge in [0.1, 0.15) is 5.82 Å². The molecule has 0 amide bonds. The van der Waals surface area contributed by atoms with Gasteiger partial charge in [0.25, 0.3) is 9.68 Å². The van der Waals surface area contributed by atoms with Gasteiger partial charge in [-0.3, -0.25) is 0 Å². The molecule has 0 radical (unpaired) electrons. The fraction of sp³-hybridized carbons (Fsp3) is 0.111. The van der Waals surface area contributed by atoms with Crippen LogP contribution in [0.25, 0.3) is 11.4 Å². The Balaban J connectivity index is 2.39. The summed E-state index contributed by atoms with van der Waals surface area (Å²) in [7, 11) is 0. The van der Waals surface area contributed by atoms with E-state index in [1.807, 2.05) is 0 Å². The van der Waals surface area contributed by atoms with Crippen LogP contribution in [-0.2, 0) is 3.79 Å². The van der Waals surface area contributed by atoms with Crippen LogP contribution in [0.5, 0.6) is 0 Å². The number of alkyl halides is 3. The van der Waals surface area contributed by atoms with Crippen molar-refractivity contribution >= 4 is 34.8 Å². The van der Waals surface area contributed by atoms with E-state index in [9.17, 15) is 4.39 Å². The zero-order chi connectivity index (χ0) is 11.8. The molecule has 0 unspecified atom stereocenters. The predicted octanol–water partition coefficient (Wildman–Crippen LogP) is 3.70. The van der Waals surface area contributed by atoms with Gasteiger partial charge in [-0.25, -0.2) is 4.39 Å². The van der Waals surface area contributed by atoms with Gasteiger partial charge in [0.15, 0.2) is 0 Å². The second-order valence-electron chi connectivity index (χ2n) is 2.93. The van der Waals surface area contributed by atoms with Gasteiger partial charge in [-0.05, 0) is 12.1 Å². The smallest absolute Gasteiger partial charge is 0.279 e. The summed E-state index contributed by atoms with van der Waals surface area (Å²) < 4.78 is 15.9. The lowest BCUT2D eigenvalue weighted by Crippen LogP contribution is -1.99. The molecule has 1 heterocycles. The molecule has 0 spiro atoms. The fourth-order valence-corrected chi connectivity index (χ4v) is 1.31. The van der Waals surface area contributed by atoms with E-state index in [-0.39, 0.29) is 11.7 Å². The molecule has 0 saturated carbocycles. The highest BCUT2D eigenvalue weighted by Crippen LogP contribution is 2.37. The number of benzene rings is 1. The van der Waals surface area contributed by atoms with E-state index < -0.39 is 9.61 Å². The zero-order valence-electron chi connectivity index (χ0n) is 7.62. The maximum atomic E-state index is 12.9. The first-order valence-corrected chi connectivity index (χ1v) is 5.27. The summed E-state index contributed by atoms with van der Waals surface area (Å²) in [6, 6.07) is 5.71. The molecule has 7 heteroatoms. The maximum Gasteiger partial charge on any atom is 0.279 e. The van der Waals surface area contributed by atoms with Gasteiger partial charge in [0, 0.05) is 5.56 Å². The molecule has 16 heavy (non-hydrogen) atoms. The third-order valence-corrected chi connectivity index (χ3v) is 2.24. The van der Waals surface area contributed by atoms with E-state index in [4.69, 9.17) is 39.3 Å². The minimum absolute atomic E-state index is 0.156. The van der Waals surface area contributed by atoms with Crippen LogP contribution in [-0.4, -0.2) is 10.1 Å². The first kappa shape index (κ1) is 11.6. The lowest BCUT2D eigenvalue weighted by Gasteiger charge is -2.01. The molecule has 0 bridgehead atoms. The Labute approximate surface area is 105 Å². The van der Waals surface area contributed by atoms with E-state index in [1.54, 1.807) is 6.07 Å². The molecule has 3 nitrogen and oxygen atoms in total. The van der Waals surface area contributed by atoms with Crippen molar-refractivity contribution in [1.82, 2.24) is 10.1 Å². The molecule has 0 N–H and O–H groups in total. The van der Waals surface area contributed by atoms with Crippen molar-refractivity contribution in [3.63, 3.8) is 0 Å². The van der Waals surface area contributed by atoms with Crippen molar-refractivity contribution in [3.05, 3.63) is 36.0 Å². The lowest BCUT2D eigenvalue weighted by atomic mass is 10.2. The van der Waals surface area contributed by atoms with E-state index in [0.29, 0.717) is 5.56 Å². The van der Waals surface area contributed by atoms with Gasteiger partial charge in [-0.2, -0.15) is 4.98 Å². The summed E-state index contributed by atoms with van der Waals surface area (Å²) in [5, 5.41) is 3.59. The first-order valence-electron chi connectivity index (χ1n) is 4.13. The minimum Gasteiger partial charge on any atom is -0.334 e. The van der Waals surface area contributed by atoms with Crippen LogP contribution in [0.4, 0.5) is 4.39 Å². The molecular formula is C9H4Cl3FN2O. The van der Waals surface area contributed by atoms with Crippen molar-refractivity contribution in [2.24, 2.45) is 0 Å². The first-order chi connectivity index (χ1) is 7.47. The summed E-state index contributed by atoms with van der Waals surface area (Å²) in [4.78, 5) is 3.85. The summed E-state index contributed by atoms with van der Waals surface area (Å²) in [6.45, 7) is 0. The molecule has 0 atom stereocenters. The number of aromatic nitrogens is 2. The van der Waals surface area contributed by atoms with Crippen LogP contribution >= 0.6 is 34.8 Å². The highest BCUT2D eigenvalue weighted by Gasteiger charge is 2.30. The third-order valence-electron chi connectivity index (χ3n) is 1.75. The highest BCUT2D eigenvalue weighted by atomic mass is 35.6. The topological polar surface area (TPSA) is 38.9 Å². The Kier molecular flexibility index (Phi) is 3.06. The quantitative estimate of drug-likeness (QED) is 0.748. The van der Waals surface area contributed by atoms with Gasteiger partial charge in [-0.15, -0.1) is 0 Å². The molecule has 1 aromatic heterocycles. The molecule has 0 aliphatic rings. The van der Waals surface area contributed by atoms with Crippen molar-refractivity contribution in [2.75, 3.05) is 0 Å².